The van der Waals surface area contributed by atoms with Crippen LogP contribution in [0.25, 0.3) is 0 Å². The third-order valence-corrected chi connectivity index (χ3v) is 5.26. The molecule has 0 saturated heterocycles. The molecule has 2 rings (SSSR count). The maximum atomic E-state index is 12.8. The third-order valence-electron chi connectivity index (χ3n) is 3.57. The van der Waals surface area contributed by atoms with E-state index in [1.165, 1.54) is 19.2 Å². The Balaban J connectivity index is 1.69. The first-order valence-electron chi connectivity index (χ1n) is 8.24. The second kappa shape index (κ2) is 11.1. The lowest BCUT2D eigenvalue weighted by Crippen LogP contribution is -2.29. The van der Waals surface area contributed by atoms with Gasteiger partial charge in [-0.1, -0.05) is 23.7 Å². The lowest BCUT2D eigenvalue weighted by Gasteiger charge is -2.12. The number of thioether (sulfide) groups is 1. The molecule has 0 radical (unpaired) electrons. The van der Waals surface area contributed by atoms with Crippen LogP contribution < -0.4 is 10.6 Å². The maximum Gasteiger partial charge on any atom is 0.337 e. The number of carbonyl (C=O) groups is 1. The summed E-state index contributed by atoms with van der Waals surface area (Å²) < 4.78 is 17.5. The van der Waals surface area contributed by atoms with Crippen molar-refractivity contribution in [2.45, 2.75) is 12.2 Å². The molecule has 0 fully saturated rings. The van der Waals surface area contributed by atoms with Gasteiger partial charge in [0.1, 0.15) is 5.82 Å². The SMILES string of the molecule is COC(=O)c1ccc(Cl)c(NC(=S)NCCCSCc2ccc(F)cc2)c1. The Morgan fingerprint density at radius 2 is 2.00 bits per heavy atom. The van der Waals surface area contributed by atoms with E-state index >= 15 is 0 Å². The summed E-state index contributed by atoms with van der Waals surface area (Å²) in [7, 11) is 1.32. The van der Waals surface area contributed by atoms with Crippen LogP contribution >= 0.6 is 35.6 Å². The first kappa shape index (κ1) is 21.5. The molecular weight excluding hydrogens is 407 g/mol. The molecule has 0 aliphatic heterocycles. The average Bonchev–Trinajstić information content (AvgIpc) is 2.67. The molecule has 2 N–H and O–H groups in total. The van der Waals surface area contributed by atoms with Crippen molar-refractivity contribution < 1.29 is 13.9 Å². The third kappa shape index (κ3) is 7.36. The zero-order chi connectivity index (χ0) is 19.6. The largest absolute Gasteiger partial charge is 0.465 e. The molecule has 2 aromatic carbocycles. The van der Waals surface area contributed by atoms with Gasteiger partial charge in [0.25, 0.3) is 0 Å². The number of methoxy groups -OCH3 is 1. The first-order valence-corrected chi connectivity index (χ1v) is 10.2. The fourth-order valence-electron chi connectivity index (χ4n) is 2.18. The Morgan fingerprint density at radius 1 is 1.26 bits per heavy atom. The Morgan fingerprint density at radius 3 is 2.70 bits per heavy atom. The second-order valence-corrected chi connectivity index (χ2v) is 7.52. The standard InChI is InChI=1S/C19H20ClFN2O2S2/c1-25-18(24)14-5-8-16(20)17(11-14)23-19(26)22-9-2-10-27-12-13-3-6-15(21)7-4-13/h3-8,11H,2,9-10,12H2,1H3,(H2,22,23,26). The van der Waals surface area contributed by atoms with Crippen molar-refractivity contribution in [2.24, 2.45) is 0 Å². The van der Waals surface area contributed by atoms with Gasteiger partial charge in [-0.3, -0.25) is 0 Å². The molecule has 0 spiro atoms. The molecule has 0 aliphatic carbocycles. The van der Waals surface area contributed by atoms with Gasteiger partial charge in [0, 0.05) is 12.3 Å². The topological polar surface area (TPSA) is 50.4 Å². The van der Waals surface area contributed by atoms with Crippen LogP contribution in [0.4, 0.5) is 10.1 Å². The highest BCUT2D eigenvalue weighted by molar-refractivity contribution is 7.98. The molecule has 0 aromatic heterocycles. The van der Waals surface area contributed by atoms with Crippen molar-refractivity contribution in [3.05, 3.63) is 64.4 Å². The van der Waals surface area contributed by atoms with E-state index in [9.17, 15) is 9.18 Å². The zero-order valence-corrected chi connectivity index (χ0v) is 17.1. The molecule has 0 atom stereocenters. The van der Waals surface area contributed by atoms with Crippen LogP contribution in [-0.2, 0) is 10.5 Å². The quantitative estimate of drug-likeness (QED) is 0.356. The van der Waals surface area contributed by atoms with Crippen molar-refractivity contribution in [3.63, 3.8) is 0 Å². The normalized spacial score (nSPS) is 10.3. The molecule has 0 bridgehead atoms. The Hall–Kier alpha value is -1.83. The van der Waals surface area contributed by atoms with Crippen molar-refractivity contribution in [1.82, 2.24) is 5.32 Å². The van der Waals surface area contributed by atoms with Crippen LogP contribution in [0.2, 0.25) is 5.02 Å². The van der Waals surface area contributed by atoms with E-state index in [1.54, 1.807) is 42.1 Å². The number of hydrogen-bond acceptors (Lipinski definition) is 4. The summed E-state index contributed by atoms with van der Waals surface area (Å²) in [6.07, 6.45) is 0.920. The minimum absolute atomic E-state index is 0.216. The number of halogens is 2. The number of ether oxygens (including phenoxy) is 1. The van der Waals surface area contributed by atoms with Crippen LogP contribution in [-0.4, -0.2) is 30.5 Å². The van der Waals surface area contributed by atoms with Crippen LogP contribution in [0.1, 0.15) is 22.3 Å². The van der Waals surface area contributed by atoms with Gasteiger partial charge in [0.2, 0.25) is 0 Å². The summed E-state index contributed by atoms with van der Waals surface area (Å²) in [4.78, 5) is 11.6. The molecule has 0 aliphatic rings. The molecule has 0 unspecified atom stereocenters. The molecule has 0 heterocycles. The molecule has 144 valence electrons. The molecule has 2 aromatic rings. The van der Waals surface area contributed by atoms with Crippen LogP contribution in [0.3, 0.4) is 0 Å². The van der Waals surface area contributed by atoms with E-state index in [0.717, 1.165) is 23.5 Å². The first-order chi connectivity index (χ1) is 13.0. The molecule has 27 heavy (non-hydrogen) atoms. The minimum Gasteiger partial charge on any atom is -0.465 e. The highest BCUT2D eigenvalue weighted by Crippen LogP contribution is 2.23. The lowest BCUT2D eigenvalue weighted by molar-refractivity contribution is 0.0601. The van der Waals surface area contributed by atoms with E-state index in [-0.39, 0.29) is 5.82 Å². The summed E-state index contributed by atoms with van der Waals surface area (Å²) in [5.41, 5.74) is 2.04. The number of anilines is 1. The Kier molecular flexibility index (Phi) is 8.84. The van der Waals surface area contributed by atoms with E-state index in [0.29, 0.717) is 27.9 Å². The number of nitrogens with one attached hydrogen (secondary N) is 2. The molecule has 0 amide bonds. The minimum atomic E-state index is -0.438. The molecule has 8 heteroatoms. The Labute approximate surface area is 172 Å². The zero-order valence-electron chi connectivity index (χ0n) is 14.8. The van der Waals surface area contributed by atoms with Crippen molar-refractivity contribution >= 4 is 52.3 Å². The van der Waals surface area contributed by atoms with Crippen molar-refractivity contribution in [1.29, 1.82) is 0 Å². The summed E-state index contributed by atoms with van der Waals surface area (Å²) in [5, 5.41) is 6.99. The van der Waals surface area contributed by atoms with Gasteiger partial charge >= 0.3 is 5.97 Å². The van der Waals surface area contributed by atoms with Crippen molar-refractivity contribution in [2.75, 3.05) is 24.7 Å². The van der Waals surface area contributed by atoms with Gasteiger partial charge in [-0.25, -0.2) is 9.18 Å². The summed E-state index contributed by atoms with van der Waals surface area (Å²) in [6, 6.07) is 11.3. The van der Waals surface area contributed by atoms with Crippen molar-refractivity contribution in [3.8, 4) is 0 Å². The fourth-order valence-corrected chi connectivity index (χ4v) is 3.48. The fraction of sp³-hybridized carbons (Fsp3) is 0.263. The Bertz CT molecular complexity index is 788. The molecule has 4 nitrogen and oxygen atoms in total. The van der Waals surface area contributed by atoms with E-state index in [2.05, 4.69) is 10.6 Å². The number of thiocarbonyl (C=S) groups is 1. The number of carbonyl (C=O) groups excluding carboxylic acids is 1. The van der Waals surface area contributed by atoms with E-state index in [4.69, 9.17) is 28.6 Å². The highest BCUT2D eigenvalue weighted by Gasteiger charge is 2.09. The van der Waals surface area contributed by atoms with Crippen LogP contribution in [0.5, 0.6) is 0 Å². The average molecular weight is 427 g/mol. The predicted octanol–water partition coefficient (Wildman–Crippen LogP) is 4.88. The lowest BCUT2D eigenvalue weighted by atomic mass is 10.2. The van der Waals surface area contributed by atoms with Gasteiger partial charge in [-0.05, 0) is 60.3 Å². The summed E-state index contributed by atoms with van der Waals surface area (Å²) in [6.45, 7) is 0.705. The number of rotatable bonds is 8. The predicted molar refractivity (Wildman–Crippen MR) is 114 cm³/mol. The number of esters is 1. The van der Waals surface area contributed by atoms with E-state index in [1.807, 2.05) is 0 Å². The van der Waals surface area contributed by atoms with Gasteiger partial charge in [-0.2, -0.15) is 11.8 Å². The van der Waals surface area contributed by atoms with Crippen LogP contribution in [0.15, 0.2) is 42.5 Å². The number of hydrogen-bond donors (Lipinski definition) is 2. The number of benzene rings is 2. The highest BCUT2D eigenvalue weighted by atomic mass is 35.5. The van der Waals surface area contributed by atoms with E-state index < -0.39 is 5.97 Å². The molecule has 0 saturated carbocycles. The van der Waals surface area contributed by atoms with Gasteiger partial charge in [-0.15, -0.1) is 0 Å². The van der Waals surface area contributed by atoms with Gasteiger partial charge in [0.05, 0.1) is 23.4 Å². The monoisotopic (exact) mass is 426 g/mol. The summed E-state index contributed by atoms with van der Waals surface area (Å²) in [5.74, 6) is 1.14. The molecular formula is C19H20ClFN2O2S2. The van der Waals surface area contributed by atoms with Gasteiger partial charge in [0.15, 0.2) is 5.11 Å². The second-order valence-electron chi connectivity index (χ2n) is 5.60. The van der Waals surface area contributed by atoms with Gasteiger partial charge < -0.3 is 15.4 Å². The van der Waals surface area contributed by atoms with Crippen LogP contribution in [0, 0.1) is 5.82 Å². The smallest absolute Gasteiger partial charge is 0.337 e. The maximum absolute atomic E-state index is 12.8. The summed E-state index contributed by atoms with van der Waals surface area (Å²) >= 11 is 13.2.